The van der Waals surface area contributed by atoms with E-state index in [-0.39, 0.29) is 0 Å². The molecule has 0 aromatic carbocycles. The molecule has 2 aliphatic carbocycles. The molecule has 0 N–H and O–H groups in total. The lowest BCUT2D eigenvalue weighted by atomic mass is 9.80. The molecule has 0 atom stereocenters. The van der Waals surface area contributed by atoms with Crippen LogP contribution in [-0.4, -0.2) is 24.5 Å². The van der Waals surface area contributed by atoms with Crippen LogP contribution >= 0.6 is 0 Å². The number of nitrogens with zero attached hydrogens (tertiary/aromatic N) is 2. The minimum absolute atomic E-state index is 0.331. The highest BCUT2D eigenvalue weighted by Crippen LogP contribution is 2.57. The van der Waals surface area contributed by atoms with Crippen LogP contribution in [0, 0.1) is 11.3 Å². The van der Waals surface area contributed by atoms with Crippen molar-refractivity contribution >= 4 is 9.84 Å². The summed E-state index contributed by atoms with van der Waals surface area (Å²) in [5.41, 5.74) is 0.721. The number of rotatable bonds is 3. The number of aromatic nitrogens is 2. The molecule has 100 valence electrons. The van der Waals surface area contributed by atoms with Gasteiger partial charge in [0.2, 0.25) is 0 Å². The summed E-state index contributed by atoms with van der Waals surface area (Å²) >= 11 is 0. The fraction of sp³-hybridized carbons (Fsp3) is 0.769. The molecule has 3 rings (SSSR count). The first-order valence-electron chi connectivity index (χ1n) is 6.69. The smallest absolute Gasteiger partial charge is 0.178 e. The number of hydrogen-bond acceptors (Lipinski definition) is 3. The molecule has 2 saturated carbocycles. The van der Waals surface area contributed by atoms with Gasteiger partial charge in [-0.1, -0.05) is 0 Å². The van der Waals surface area contributed by atoms with E-state index in [0.717, 1.165) is 12.0 Å². The molecule has 18 heavy (non-hydrogen) atoms. The molecule has 0 bridgehead atoms. The molecular weight excluding hydrogens is 248 g/mol. The third-order valence-corrected chi connectivity index (χ3v) is 5.67. The Balaban J connectivity index is 1.61. The highest BCUT2D eigenvalue weighted by molar-refractivity contribution is 7.90. The predicted molar refractivity (Wildman–Crippen MR) is 69.0 cm³/mol. The summed E-state index contributed by atoms with van der Waals surface area (Å²) in [5.74, 6) is 0.670. The zero-order chi connectivity index (χ0) is 12.8. The molecule has 1 spiro atoms. The average molecular weight is 268 g/mol. The van der Waals surface area contributed by atoms with Gasteiger partial charge in [0.05, 0.1) is 6.20 Å². The van der Waals surface area contributed by atoms with Crippen molar-refractivity contribution in [1.29, 1.82) is 0 Å². The Morgan fingerprint density at radius 1 is 1.33 bits per heavy atom. The summed E-state index contributed by atoms with van der Waals surface area (Å²) in [4.78, 5) is 0.331. The van der Waals surface area contributed by atoms with Crippen LogP contribution in [-0.2, 0) is 16.4 Å². The first kappa shape index (κ1) is 12.2. The zero-order valence-corrected chi connectivity index (χ0v) is 11.6. The maximum atomic E-state index is 11.4. The summed E-state index contributed by atoms with van der Waals surface area (Å²) < 4.78 is 24.6. The summed E-state index contributed by atoms with van der Waals surface area (Å²) in [6.45, 7) is 0.867. The van der Waals surface area contributed by atoms with Gasteiger partial charge in [0.15, 0.2) is 9.84 Å². The van der Waals surface area contributed by atoms with E-state index < -0.39 is 9.84 Å². The SMILES string of the molecule is CS(=O)(=O)c1cnn(CC2CCC3(CC2)CC3)c1. The molecule has 5 heteroatoms. The summed E-state index contributed by atoms with van der Waals surface area (Å²) in [5, 5.41) is 4.17. The molecule has 0 saturated heterocycles. The Labute approximate surface area is 108 Å². The Morgan fingerprint density at radius 3 is 2.50 bits per heavy atom. The van der Waals surface area contributed by atoms with Crippen molar-refractivity contribution in [3.05, 3.63) is 12.4 Å². The molecule has 4 nitrogen and oxygen atoms in total. The van der Waals surface area contributed by atoms with Gasteiger partial charge in [-0.25, -0.2) is 8.42 Å². The van der Waals surface area contributed by atoms with Gasteiger partial charge >= 0.3 is 0 Å². The van der Waals surface area contributed by atoms with Crippen molar-refractivity contribution in [3.63, 3.8) is 0 Å². The Hall–Kier alpha value is -0.840. The normalized spacial score (nSPS) is 23.4. The number of sulfone groups is 1. The van der Waals surface area contributed by atoms with Crippen molar-refractivity contribution in [2.45, 2.75) is 50.0 Å². The van der Waals surface area contributed by atoms with E-state index in [1.807, 2.05) is 0 Å². The Bertz CT molecular complexity index is 533. The lowest BCUT2D eigenvalue weighted by Gasteiger charge is -2.28. The minimum atomic E-state index is -3.11. The average Bonchev–Trinajstić information content (AvgIpc) is 2.88. The monoisotopic (exact) mass is 268 g/mol. The molecule has 0 unspecified atom stereocenters. The van der Waals surface area contributed by atoms with E-state index in [1.54, 1.807) is 10.9 Å². The molecular formula is C13H20N2O2S. The van der Waals surface area contributed by atoms with Gasteiger partial charge in [0, 0.05) is 19.0 Å². The maximum absolute atomic E-state index is 11.4. The largest absolute Gasteiger partial charge is 0.271 e. The fourth-order valence-corrected chi connectivity index (χ4v) is 3.60. The van der Waals surface area contributed by atoms with Gasteiger partial charge in [0.1, 0.15) is 4.90 Å². The summed E-state index contributed by atoms with van der Waals surface area (Å²) in [7, 11) is -3.11. The third kappa shape index (κ3) is 2.46. The first-order valence-corrected chi connectivity index (χ1v) is 8.59. The van der Waals surface area contributed by atoms with E-state index in [2.05, 4.69) is 5.10 Å². The first-order chi connectivity index (χ1) is 8.47. The number of hydrogen-bond donors (Lipinski definition) is 0. The highest BCUT2D eigenvalue weighted by atomic mass is 32.2. The molecule has 0 aliphatic heterocycles. The van der Waals surface area contributed by atoms with Gasteiger partial charge in [-0.2, -0.15) is 5.10 Å². The van der Waals surface area contributed by atoms with Crippen LogP contribution in [0.3, 0.4) is 0 Å². The second kappa shape index (κ2) is 4.08. The topological polar surface area (TPSA) is 52.0 Å². The zero-order valence-electron chi connectivity index (χ0n) is 10.8. The van der Waals surface area contributed by atoms with Gasteiger partial charge in [-0.05, 0) is 49.9 Å². The van der Waals surface area contributed by atoms with E-state index in [1.165, 1.54) is 51.0 Å². The van der Waals surface area contributed by atoms with Gasteiger partial charge in [0.25, 0.3) is 0 Å². The van der Waals surface area contributed by atoms with Crippen LogP contribution in [0.1, 0.15) is 38.5 Å². The Morgan fingerprint density at radius 2 is 2.00 bits per heavy atom. The van der Waals surface area contributed by atoms with Crippen molar-refractivity contribution in [3.8, 4) is 0 Å². The lowest BCUT2D eigenvalue weighted by Crippen LogP contribution is -2.19. The second-order valence-electron chi connectivity index (χ2n) is 6.11. The maximum Gasteiger partial charge on any atom is 0.178 e. The third-order valence-electron chi connectivity index (χ3n) is 4.61. The van der Waals surface area contributed by atoms with E-state index in [0.29, 0.717) is 10.8 Å². The quantitative estimate of drug-likeness (QED) is 0.845. The molecule has 0 radical (unpaired) electrons. The molecule has 0 amide bonds. The Kier molecular flexibility index (Phi) is 2.77. The van der Waals surface area contributed by atoms with Crippen LogP contribution in [0.4, 0.5) is 0 Å². The molecule has 1 aromatic rings. The molecule has 1 aromatic heterocycles. The van der Waals surface area contributed by atoms with Crippen LogP contribution in [0.5, 0.6) is 0 Å². The summed E-state index contributed by atoms with van der Waals surface area (Å²) in [6, 6.07) is 0. The minimum Gasteiger partial charge on any atom is -0.271 e. The standard InChI is InChI=1S/C13H20N2O2S/c1-18(16,17)12-8-14-15(10-12)9-11-2-4-13(5-3-11)6-7-13/h8,10-11H,2-7,9H2,1H3. The van der Waals surface area contributed by atoms with Crippen molar-refractivity contribution in [1.82, 2.24) is 9.78 Å². The predicted octanol–water partition coefficient (Wildman–Crippen LogP) is 2.26. The van der Waals surface area contributed by atoms with Gasteiger partial charge in [-0.3, -0.25) is 4.68 Å². The van der Waals surface area contributed by atoms with Gasteiger partial charge < -0.3 is 0 Å². The highest BCUT2D eigenvalue weighted by Gasteiger charge is 2.44. The van der Waals surface area contributed by atoms with E-state index >= 15 is 0 Å². The molecule has 2 aliphatic rings. The van der Waals surface area contributed by atoms with E-state index in [4.69, 9.17) is 0 Å². The molecule has 2 fully saturated rings. The van der Waals surface area contributed by atoms with Crippen molar-refractivity contribution < 1.29 is 8.42 Å². The van der Waals surface area contributed by atoms with Crippen LogP contribution in [0.2, 0.25) is 0 Å². The van der Waals surface area contributed by atoms with Crippen LogP contribution in [0.15, 0.2) is 17.3 Å². The molecule has 1 heterocycles. The van der Waals surface area contributed by atoms with Gasteiger partial charge in [-0.15, -0.1) is 0 Å². The van der Waals surface area contributed by atoms with E-state index in [9.17, 15) is 8.42 Å². The van der Waals surface area contributed by atoms with Crippen LogP contribution < -0.4 is 0 Å². The van der Waals surface area contributed by atoms with Crippen LogP contribution in [0.25, 0.3) is 0 Å². The summed E-state index contributed by atoms with van der Waals surface area (Å²) in [6.07, 6.45) is 12.5. The lowest BCUT2D eigenvalue weighted by molar-refractivity contribution is 0.231. The van der Waals surface area contributed by atoms with Crippen molar-refractivity contribution in [2.24, 2.45) is 11.3 Å². The fourth-order valence-electron chi connectivity index (χ4n) is 3.05. The second-order valence-corrected chi connectivity index (χ2v) is 8.13. The van der Waals surface area contributed by atoms with Crippen molar-refractivity contribution in [2.75, 3.05) is 6.26 Å².